The first kappa shape index (κ1) is 10.9. The first-order valence-corrected chi connectivity index (χ1v) is 3.88. The van der Waals surface area contributed by atoms with Gasteiger partial charge in [-0.15, -0.1) is 0 Å². The second-order valence-corrected chi connectivity index (χ2v) is 3.97. The van der Waals surface area contributed by atoms with E-state index in [2.05, 4.69) is 20.8 Å². The van der Waals surface area contributed by atoms with Gasteiger partial charge in [-0.3, -0.25) is 0 Å². The van der Waals surface area contributed by atoms with Gasteiger partial charge >= 0.3 is 0 Å². The number of nitrogens with two attached hydrogens (primary N) is 1. The summed E-state index contributed by atoms with van der Waals surface area (Å²) in [5.74, 6) is 0. The van der Waals surface area contributed by atoms with Crippen molar-refractivity contribution in [2.24, 2.45) is 11.1 Å². The molecule has 0 spiro atoms. The minimum atomic E-state index is 0.146. The van der Waals surface area contributed by atoms with Crippen molar-refractivity contribution in [1.82, 2.24) is 5.06 Å². The Morgan fingerprint density at radius 3 is 2.18 bits per heavy atom. The average Bonchev–Trinajstić information content (AvgIpc) is 1.85. The number of hydroxylamine groups is 2. The smallest absolute Gasteiger partial charge is 0.0575 e. The third kappa shape index (κ3) is 4.35. The molecule has 0 rings (SSSR count). The molecule has 0 bridgehead atoms. The van der Waals surface area contributed by atoms with Gasteiger partial charge in [-0.25, -0.2) is 0 Å². The highest BCUT2D eigenvalue weighted by atomic mass is 16.7. The number of hydrogen-bond acceptors (Lipinski definition) is 3. The molecule has 0 saturated carbocycles. The van der Waals surface area contributed by atoms with Crippen LogP contribution in [0.1, 0.15) is 20.8 Å². The summed E-state index contributed by atoms with van der Waals surface area (Å²) in [6.45, 7) is 7.14. The Bertz CT molecular complexity index is 109. The van der Waals surface area contributed by atoms with Crippen molar-refractivity contribution >= 4 is 0 Å². The lowest BCUT2D eigenvalue weighted by Crippen LogP contribution is -2.43. The Morgan fingerprint density at radius 2 is 1.91 bits per heavy atom. The van der Waals surface area contributed by atoms with E-state index in [1.54, 1.807) is 12.2 Å². The Labute approximate surface area is 69.5 Å². The molecule has 3 nitrogen and oxygen atoms in total. The van der Waals surface area contributed by atoms with Crippen LogP contribution in [0.25, 0.3) is 0 Å². The van der Waals surface area contributed by atoms with Crippen LogP contribution in [0.2, 0.25) is 0 Å². The van der Waals surface area contributed by atoms with Crippen molar-refractivity contribution in [3.63, 3.8) is 0 Å². The van der Waals surface area contributed by atoms with E-state index in [0.717, 1.165) is 6.54 Å². The van der Waals surface area contributed by atoms with Crippen molar-refractivity contribution < 1.29 is 4.84 Å². The second kappa shape index (κ2) is 4.04. The second-order valence-electron chi connectivity index (χ2n) is 3.97. The summed E-state index contributed by atoms with van der Waals surface area (Å²) in [6, 6.07) is 0.146. The number of nitrogens with zero attached hydrogens (tertiary/aromatic N) is 1. The fourth-order valence-electron chi connectivity index (χ4n) is 0.625. The van der Waals surface area contributed by atoms with Crippen LogP contribution in [-0.2, 0) is 4.84 Å². The van der Waals surface area contributed by atoms with E-state index < -0.39 is 0 Å². The molecule has 0 saturated heterocycles. The number of likely N-dealkylation sites (N-methyl/N-ethyl adjacent to an activating group) is 1. The predicted molar refractivity (Wildman–Crippen MR) is 47.1 cm³/mol. The zero-order valence-electron chi connectivity index (χ0n) is 8.22. The SMILES string of the molecule is CON(C)CC(N)C(C)(C)C. The molecule has 1 atom stereocenters. The lowest BCUT2D eigenvalue weighted by molar-refractivity contribution is -0.117. The summed E-state index contributed by atoms with van der Waals surface area (Å²) < 4.78 is 0. The highest BCUT2D eigenvalue weighted by Crippen LogP contribution is 2.17. The van der Waals surface area contributed by atoms with E-state index in [4.69, 9.17) is 10.6 Å². The van der Waals surface area contributed by atoms with Crippen molar-refractivity contribution in [3.8, 4) is 0 Å². The van der Waals surface area contributed by atoms with Crippen LogP contribution in [0.15, 0.2) is 0 Å². The molecule has 0 aliphatic heterocycles. The quantitative estimate of drug-likeness (QED) is 0.622. The molecule has 0 aliphatic carbocycles. The Hall–Kier alpha value is -0.120. The molecule has 2 N–H and O–H groups in total. The highest BCUT2D eigenvalue weighted by Gasteiger charge is 2.21. The summed E-state index contributed by atoms with van der Waals surface area (Å²) in [4.78, 5) is 4.97. The molecule has 0 fully saturated rings. The van der Waals surface area contributed by atoms with Gasteiger partial charge in [0.05, 0.1) is 7.11 Å². The zero-order chi connectivity index (χ0) is 9.07. The van der Waals surface area contributed by atoms with Gasteiger partial charge in [0.1, 0.15) is 0 Å². The molecule has 0 radical (unpaired) electrons. The van der Waals surface area contributed by atoms with Crippen molar-refractivity contribution in [2.45, 2.75) is 26.8 Å². The lowest BCUT2D eigenvalue weighted by Gasteiger charge is -2.29. The highest BCUT2D eigenvalue weighted by molar-refractivity contribution is 4.77. The minimum Gasteiger partial charge on any atom is -0.326 e. The molecular weight excluding hydrogens is 140 g/mol. The average molecular weight is 160 g/mol. The van der Waals surface area contributed by atoms with Gasteiger partial charge < -0.3 is 10.6 Å². The zero-order valence-corrected chi connectivity index (χ0v) is 8.22. The fraction of sp³-hybridized carbons (Fsp3) is 1.00. The molecule has 1 unspecified atom stereocenters. The number of hydrogen-bond donors (Lipinski definition) is 1. The molecule has 0 aromatic rings. The maximum atomic E-state index is 5.91. The maximum Gasteiger partial charge on any atom is 0.0575 e. The summed E-state index contributed by atoms with van der Waals surface area (Å²) in [5.41, 5.74) is 6.05. The van der Waals surface area contributed by atoms with Crippen LogP contribution in [0.3, 0.4) is 0 Å². The Kier molecular flexibility index (Phi) is 4.00. The van der Waals surface area contributed by atoms with Gasteiger partial charge in [-0.05, 0) is 5.41 Å². The first-order chi connectivity index (χ1) is 4.88. The van der Waals surface area contributed by atoms with Gasteiger partial charge in [0.2, 0.25) is 0 Å². The van der Waals surface area contributed by atoms with E-state index in [-0.39, 0.29) is 11.5 Å². The maximum absolute atomic E-state index is 5.91. The molecule has 11 heavy (non-hydrogen) atoms. The Morgan fingerprint density at radius 1 is 1.45 bits per heavy atom. The third-order valence-corrected chi connectivity index (χ3v) is 1.88. The van der Waals surface area contributed by atoms with Gasteiger partial charge in [0.15, 0.2) is 0 Å². The normalized spacial score (nSPS) is 15.5. The number of rotatable bonds is 3. The summed E-state index contributed by atoms with van der Waals surface area (Å²) in [7, 11) is 3.53. The molecule has 0 aromatic heterocycles. The van der Waals surface area contributed by atoms with E-state index in [1.807, 2.05) is 7.05 Å². The van der Waals surface area contributed by atoms with Gasteiger partial charge in [0.25, 0.3) is 0 Å². The first-order valence-electron chi connectivity index (χ1n) is 3.88. The van der Waals surface area contributed by atoms with Gasteiger partial charge in [-0.1, -0.05) is 20.8 Å². The van der Waals surface area contributed by atoms with E-state index >= 15 is 0 Å². The van der Waals surface area contributed by atoms with Crippen LogP contribution in [0.4, 0.5) is 0 Å². The van der Waals surface area contributed by atoms with Crippen molar-refractivity contribution in [3.05, 3.63) is 0 Å². The molecule has 0 aliphatic rings. The van der Waals surface area contributed by atoms with E-state index in [9.17, 15) is 0 Å². The minimum absolute atomic E-state index is 0.146. The molecule has 0 aromatic carbocycles. The van der Waals surface area contributed by atoms with Crippen LogP contribution >= 0.6 is 0 Å². The van der Waals surface area contributed by atoms with Crippen LogP contribution in [-0.4, -0.2) is 31.8 Å². The molecular formula is C8H20N2O. The van der Waals surface area contributed by atoms with Gasteiger partial charge in [-0.2, -0.15) is 5.06 Å². The molecule has 0 heterocycles. The van der Waals surface area contributed by atoms with Crippen LogP contribution in [0, 0.1) is 5.41 Å². The molecule has 0 amide bonds. The lowest BCUT2D eigenvalue weighted by atomic mass is 9.87. The standard InChI is InChI=1S/C8H20N2O/c1-8(2,3)7(9)6-10(4)11-5/h7H,6,9H2,1-5H3. The molecule has 68 valence electrons. The summed E-state index contributed by atoms with van der Waals surface area (Å²) >= 11 is 0. The fourth-order valence-corrected chi connectivity index (χ4v) is 0.625. The van der Waals surface area contributed by atoms with Crippen molar-refractivity contribution in [2.75, 3.05) is 20.7 Å². The summed E-state index contributed by atoms with van der Waals surface area (Å²) in [5, 5.41) is 1.75. The van der Waals surface area contributed by atoms with Crippen molar-refractivity contribution in [1.29, 1.82) is 0 Å². The van der Waals surface area contributed by atoms with Gasteiger partial charge in [0, 0.05) is 19.6 Å². The Balaban J connectivity index is 3.77. The van der Waals surface area contributed by atoms with Crippen LogP contribution in [0.5, 0.6) is 0 Å². The summed E-state index contributed by atoms with van der Waals surface area (Å²) in [6.07, 6.45) is 0. The molecule has 3 heteroatoms. The predicted octanol–water partition coefficient (Wildman–Crippen LogP) is 0.853. The largest absolute Gasteiger partial charge is 0.326 e. The van der Waals surface area contributed by atoms with E-state index in [0.29, 0.717) is 0 Å². The monoisotopic (exact) mass is 160 g/mol. The van der Waals surface area contributed by atoms with Crippen LogP contribution < -0.4 is 5.73 Å². The van der Waals surface area contributed by atoms with E-state index in [1.165, 1.54) is 0 Å². The third-order valence-electron chi connectivity index (χ3n) is 1.88. The topological polar surface area (TPSA) is 38.5 Å².